The molecule has 0 bridgehead atoms. The third-order valence-corrected chi connectivity index (χ3v) is 7.17. The highest BCUT2D eigenvalue weighted by Gasteiger charge is 2.36. The fourth-order valence-electron chi connectivity index (χ4n) is 2.74. The SMILES string of the molecule is CO[Si](CCCOCC(O)CN(CCNCCN)CCNCCN)(OC)OC. The van der Waals surface area contributed by atoms with E-state index in [0.717, 1.165) is 45.7 Å². The third-order valence-electron chi connectivity index (χ3n) is 4.34. The average Bonchev–Trinajstić information content (AvgIpc) is 2.71. The minimum absolute atomic E-state index is 0.296. The lowest BCUT2D eigenvalue weighted by Gasteiger charge is -2.26. The Morgan fingerprint density at radius 2 is 1.46 bits per heavy atom. The topological polar surface area (TPSA) is 136 Å². The number of aliphatic hydroxyl groups is 1. The predicted molar refractivity (Wildman–Crippen MR) is 113 cm³/mol. The van der Waals surface area contributed by atoms with E-state index in [-0.39, 0.29) is 0 Å². The molecule has 0 aromatic rings. The second-order valence-electron chi connectivity index (χ2n) is 6.51. The molecule has 0 fully saturated rings. The molecule has 1 unspecified atom stereocenters. The maximum atomic E-state index is 10.3. The van der Waals surface area contributed by atoms with Crippen molar-refractivity contribution in [3.05, 3.63) is 0 Å². The Morgan fingerprint density at radius 1 is 0.929 bits per heavy atom. The van der Waals surface area contributed by atoms with Crippen LogP contribution in [0, 0.1) is 0 Å². The summed E-state index contributed by atoms with van der Waals surface area (Å²) in [5.41, 5.74) is 11.0. The van der Waals surface area contributed by atoms with E-state index in [9.17, 15) is 5.11 Å². The molecule has 0 saturated carbocycles. The van der Waals surface area contributed by atoms with Gasteiger partial charge in [-0.15, -0.1) is 0 Å². The first-order valence-corrected chi connectivity index (χ1v) is 12.0. The van der Waals surface area contributed by atoms with E-state index < -0.39 is 14.9 Å². The van der Waals surface area contributed by atoms with Gasteiger partial charge in [0, 0.05) is 92.9 Å². The number of ether oxygens (including phenoxy) is 1. The first-order chi connectivity index (χ1) is 13.6. The number of hydrogen-bond acceptors (Lipinski definition) is 10. The van der Waals surface area contributed by atoms with Crippen LogP contribution in [0.1, 0.15) is 6.42 Å². The highest BCUT2D eigenvalue weighted by molar-refractivity contribution is 6.60. The smallest absolute Gasteiger partial charge is 0.389 e. The first-order valence-electron chi connectivity index (χ1n) is 10.0. The van der Waals surface area contributed by atoms with Gasteiger partial charge in [0.05, 0.1) is 12.7 Å². The molecule has 28 heavy (non-hydrogen) atoms. The van der Waals surface area contributed by atoms with Crippen molar-refractivity contribution >= 4 is 8.80 Å². The van der Waals surface area contributed by atoms with Crippen molar-refractivity contribution < 1.29 is 23.1 Å². The molecule has 0 saturated heterocycles. The van der Waals surface area contributed by atoms with Gasteiger partial charge < -0.3 is 45.2 Å². The zero-order chi connectivity index (χ0) is 21.1. The zero-order valence-corrected chi connectivity index (χ0v) is 19.0. The zero-order valence-electron chi connectivity index (χ0n) is 18.0. The van der Waals surface area contributed by atoms with E-state index in [2.05, 4.69) is 15.5 Å². The summed E-state index contributed by atoms with van der Waals surface area (Å²) < 4.78 is 21.8. The Bertz CT molecular complexity index is 323. The highest BCUT2D eigenvalue weighted by atomic mass is 28.4. The van der Waals surface area contributed by atoms with Crippen molar-refractivity contribution in [1.82, 2.24) is 15.5 Å². The van der Waals surface area contributed by atoms with Crippen LogP contribution in [0.3, 0.4) is 0 Å². The molecule has 0 amide bonds. The summed E-state index contributed by atoms with van der Waals surface area (Å²) in [5.74, 6) is 0. The molecule has 0 spiro atoms. The normalized spacial score (nSPS) is 13.4. The van der Waals surface area contributed by atoms with Gasteiger partial charge in [0.1, 0.15) is 0 Å². The number of hydrogen-bond donors (Lipinski definition) is 5. The summed E-state index contributed by atoms with van der Waals surface area (Å²) in [6.45, 7) is 7.54. The number of rotatable bonds is 21. The number of aliphatic hydroxyl groups excluding tert-OH is 1. The standard InChI is InChI=1S/C17H43N5O5Si/c1-24-28(25-2,26-3)14-4-13-27-16-17(23)15-22(11-9-20-7-5-18)12-10-21-8-6-19/h17,20-21,23H,4-16,18-19H2,1-3H3. The Morgan fingerprint density at radius 3 is 1.93 bits per heavy atom. The van der Waals surface area contributed by atoms with Crippen molar-refractivity contribution in [1.29, 1.82) is 0 Å². The molecule has 0 heterocycles. The van der Waals surface area contributed by atoms with Crippen LogP contribution in [-0.2, 0) is 18.0 Å². The van der Waals surface area contributed by atoms with Crippen molar-refractivity contribution in [2.45, 2.75) is 18.6 Å². The summed E-state index contributed by atoms with van der Waals surface area (Å²) in [7, 11) is 2.25. The molecule has 11 heteroatoms. The summed E-state index contributed by atoms with van der Waals surface area (Å²) in [4.78, 5) is 2.21. The van der Waals surface area contributed by atoms with Crippen molar-refractivity contribution in [2.75, 3.05) is 93.4 Å². The predicted octanol–water partition coefficient (Wildman–Crippen LogP) is -1.97. The van der Waals surface area contributed by atoms with Gasteiger partial charge in [0.15, 0.2) is 0 Å². The van der Waals surface area contributed by atoms with E-state index in [0.29, 0.717) is 38.9 Å². The lowest BCUT2D eigenvalue weighted by atomic mass is 10.3. The van der Waals surface area contributed by atoms with Gasteiger partial charge in [-0.2, -0.15) is 0 Å². The van der Waals surface area contributed by atoms with Crippen molar-refractivity contribution in [2.24, 2.45) is 11.5 Å². The molecule has 0 aromatic heterocycles. The number of nitrogens with one attached hydrogen (secondary N) is 2. The Balaban J connectivity index is 4.10. The summed E-state index contributed by atoms with van der Waals surface area (Å²) in [6, 6.07) is 0.679. The van der Waals surface area contributed by atoms with Crippen LogP contribution in [0.4, 0.5) is 0 Å². The van der Waals surface area contributed by atoms with Gasteiger partial charge >= 0.3 is 8.80 Å². The largest absolute Gasteiger partial charge is 0.500 e. The molecule has 170 valence electrons. The Hall–Kier alpha value is -0.183. The van der Waals surface area contributed by atoms with E-state index in [1.54, 1.807) is 21.3 Å². The fourth-order valence-corrected chi connectivity index (χ4v) is 4.43. The van der Waals surface area contributed by atoms with Crippen LogP contribution in [0.5, 0.6) is 0 Å². The molecule has 0 aliphatic heterocycles. The van der Waals surface area contributed by atoms with Gasteiger partial charge in [0.25, 0.3) is 0 Å². The van der Waals surface area contributed by atoms with Gasteiger partial charge in [-0.05, 0) is 6.42 Å². The molecule has 0 aliphatic rings. The van der Waals surface area contributed by atoms with Crippen LogP contribution >= 0.6 is 0 Å². The van der Waals surface area contributed by atoms with E-state index in [1.165, 1.54) is 0 Å². The van der Waals surface area contributed by atoms with Gasteiger partial charge in [0.2, 0.25) is 0 Å². The minimum atomic E-state index is -2.55. The van der Waals surface area contributed by atoms with E-state index in [1.807, 2.05) is 0 Å². The molecule has 7 N–H and O–H groups in total. The first kappa shape index (κ1) is 27.8. The molecule has 1 atom stereocenters. The lowest BCUT2D eigenvalue weighted by Crippen LogP contribution is -2.43. The second kappa shape index (κ2) is 18.8. The molecule has 0 aliphatic carbocycles. The Kier molecular flexibility index (Phi) is 18.7. The molecule has 10 nitrogen and oxygen atoms in total. The lowest BCUT2D eigenvalue weighted by molar-refractivity contribution is 0.0159. The van der Waals surface area contributed by atoms with Crippen molar-refractivity contribution in [3.8, 4) is 0 Å². The summed E-state index contributed by atoms with van der Waals surface area (Å²) in [5, 5.41) is 16.9. The third kappa shape index (κ3) is 13.9. The molecular weight excluding hydrogens is 382 g/mol. The van der Waals surface area contributed by atoms with Crippen LogP contribution < -0.4 is 22.1 Å². The molecule has 0 radical (unpaired) electrons. The average molecular weight is 426 g/mol. The van der Waals surface area contributed by atoms with Gasteiger partial charge in [-0.25, -0.2) is 0 Å². The molecule has 0 rings (SSSR count). The van der Waals surface area contributed by atoms with E-state index in [4.69, 9.17) is 29.5 Å². The van der Waals surface area contributed by atoms with E-state index >= 15 is 0 Å². The monoisotopic (exact) mass is 425 g/mol. The molecule has 0 aromatic carbocycles. The summed E-state index contributed by atoms with van der Waals surface area (Å²) >= 11 is 0. The van der Waals surface area contributed by atoms with Gasteiger partial charge in [-0.3, -0.25) is 4.90 Å². The van der Waals surface area contributed by atoms with Crippen LogP contribution in [0.2, 0.25) is 6.04 Å². The van der Waals surface area contributed by atoms with Crippen molar-refractivity contribution in [3.63, 3.8) is 0 Å². The van der Waals surface area contributed by atoms with Crippen LogP contribution in [0.25, 0.3) is 0 Å². The maximum Gasteiger partial charge on any atom is 0.500 e. The minimum Gasteiger partial charge on any atom is -0.389 e. The Labute approximate surface area is 171 Å². The second-order valence-corrected chi connectivity index (χ2v) is 9.60. The number of nitrogens with two attached hydrogens (primary N) is 2. The highest BCUT2D eigenvalue weighted by Crippen LogP contribution is 2.14. The maximum absolute atomic E-state index is 10.3. The van der Waals surface area contributed by atoms with Gasteiger partial charge in [-0.1, -0.05) is 0 Å². The quantitative estimate of drug-likeness (QED) is 0.104. The summed E-state index contributed by atoms with van der Waals surface area (Å²) in [6.07, 6.45) is 0.211. The van der Waals surface area contributed by atoms with Crippen LogP contribution in [-0.4, -0.2) is 118 Å². The van der Waals surface area contributed by atoms with Crippen LogP contribution in [0.15, 0.2) is 0 Å². The fraction of sp³-hybridized carbons (Fsp3) is 1.00. The molecular formula is C17H43N5O5Si. The number of nitrogens with zero attached hydrogens (tertiary/aromatic N) is 1.